The molecular weight excluding hydrogens is 692 g/mol. The van der Waals surface area contributed by atoms with Gasteiger partial charge < -0.3 is 39.9 Å². The maximum atomic E-state index is 13.7. The minimum atomic E-state index is -1.48. The lowest BCUT2D eigenvalue weighted by Crippen LogP contribution is -2.47. The van der Waals surface area contributed by atoms with Crippen molar-refractivity contribution >= 4 is 40.5 Å². The average Bonchev–Trinajstić information content (AvgIpc) is 3.11. The minimum absolute atomic E-state index is 0.0183. The molecule has 15 nitrogen and oxygen atoms in total. The molecule has 3 N–H and O–H groups in total. The van der Waals surface area contributed by atoms with Gasteiger partial charge in [0.25, 0.3) is 5.91 Å². The van der Waals surface area contributed by atoms with E-state index in [2.05, 4.69) is 26.0 Å². The number of carbonyl (C=O) groups excluding carboxylic acids is 4. The van der Waals surface area contributed by atoms with Crippen molar-refractivity contribution in [2.45, 2.75) is 58.1 Å². The summed E-state index contributed by atoms with van der Waals surface area (Å²) in [6.45, 7) is 5.98. The van der Waals surface area contributed by atoms with Gasteiger partial charge >= 0.3 is 6.09 Å². The molecule has 0 saturated heterocycles. The fourth-order valence-corrected chi connectivity index (χ4v) is 5.80. The summed E-state index contributed by atoms with van der Waals surface area (Å²) in [5.41, 5.74) is 10.7. The first-order valence-corrected chi connectivity index (χ1v) is 17.7. The average molecular weight is 741 g/mol. The van der Waals surface area contributed by atoms with Crippen molar-refractivity contribution < 1.29 is 33.4 Å². The zero-order valence-electron chi connectivity index (χ0n) is 31.8. The lowest BCUT2D eigenvalue weighted by Gasteiger charge is -2.21. The summed E-state index contributed by atoms with van der Waals surface area (Å²) >= 11 is 0. The molecule has 4 rings (SSSR count). The van der Waals surface area contributed by atoms with Gasteiger partial charge in [0, 0.05) is 84.1 Å². The Morgan fingerprint density at radius 2 is 1.69 bits per heavy atom. The van der Waals surface area contributed by atoms with Gasteiger partial charge in [0.1, 0.15) is 37.1 Å². The summed E-state index contributed by atoms with van der Waals surface area (Å²) in [5, 5.41) is 26.0. The number of aromatic carboxylic acids is 1. The number of hydrogen-bond donors (Lipinski definition) is 3. The molecule has 2 aromatic carbocycles. The minimum Gasteiger partial charge on any atom is -0.545 e. The van der Waals surface area contributed by atoms with Crippen LogP contribution in [0.2, 0.25) is 0 Å². The summed E-state index contributed by atoms with van der Waals surface area (Å²) < 4.78 is 13.6. The molecule has 286 valence electrons. The second-order valence-electron chi connectivity index (χ2n) is 14.2. The van der Waals surface area contributed by atoms with Crippen molar-refractivity contribution in [1.82, 2.24) is 20.5 Å². The van der Waals surface area contributed by atoms with Crippen molar-refractivity contribution in [3.8, 4) is 22.5 Å². The predicted octanol–water partition coefficient (Wildman–Crippen LogP) is 4.28. The highest BCUT2D eigenvalue weighted by Gasteiger charge is 2.25. The third-order valence-electron chi connectivity index (χ3n) is 8.50. The number of rotatable bonds is 15. The van der Waals surface area contributed by atoms with Crippen LogP contribution in [0, 0.1) is 0 Å². The monoisotopic (exact) mass is 740 g/mol. The standard InChI is InChI=1S/C39H48N8O7/c1-39(2,3)54-38(52)42-18-9-8-11-31(36(49)41-19-10-20-43-45-40)44-35(48)24-12-15-27(30(21-24)37(50)51)34-28-16-13-25(46(4)5)22-32(28)53-33-23-26(47(6)7)14-17-29(33)34/h12-17,21-23,31H,8-11,18-20H2,1-7H3,(H3-,41,42,44,48,49,50,51,52). The smallest absolute Gasteiger partial charge is 0.407 e. The summed E-state index contributed by atoms with van der Waals surface area (Å²) in [7, 11) is 7.65. The Hall–Kier alpha value is -6.08. The van der Waals surface area contributed by atoms with Gasteiger partial charge in [-0.2, -0.15) is 0 Å². The molecule has 1 unspecified atom stereocenters. The summed E-state index contributed by atoms with van der Waals surface area (Å²) in [5.74, 6) is -2.06. The molecule has 2 aliphatic rings. The number of ether oxygens (including phenoxy) is 1. The zero-order chi connectivity index (χ0) is 39.6. The number of benzene rings is 3. The number of carboxylic acid groups (broad SMARTS) is 1. The van der Waals surface area contributed by atoms with E-state index in [0.717, 1.165) is 11.0 Å². The third kappa shape index (κ3) is 10.7. The number of carbonyl (C=O) groups is 4. The van der Waals surface area contributed by atoms with Gasteiger partial charge in [-0.1, -0.05) is 11.2 Å². The molecule has 0 aromatic heterocycles. The lowest BCUT2D eigenvalue weighted by atomic mass is 9.89. The topological polar surface area (TPSA) is 205 Å². The first-order valence-electron chi connectivity index (χ1n) is 17.7. The van der Waals surface area contributed by atoms with E-state index in [0.29, 0.717) is 59.2 Å². The van der Waals surface area contributed by atoms with Crippen LogP contribution in [0.15, 0.2) is 64.1 Å². The Bertz CT molecular complexity index is 2110. The first-order chi connectivity index (χ1) is 25.6. The fraction of sp³-hybridized carbons (Fsp3) is 0.410. The zero-order valence-corrected chi connectivity index (χ0v) is 31.8. The number of nitrogens with one attached hydrogen (secondary N) is 3. The van der Waals surface area contributed by atoms with Gasteiger partial charge in [-0.05, 0) is 87.9 Å². The molecule has 0 fully saturated rings. The molecule has 0 bridgehead atoms. The number of nitrogens with zero attached hydrogens (tertiary/aromatic N) is 5. The van der Waals surface area contributed by atoms with E-state index in [1.54, 1.807) is 26.8 Å². The van der Waals surface area contributed by atoms with E-state index in [1.165, 1.54) is 12.1 Å². The van der Waals surface area contributed by atoms with Crippen LogP contribution in [-0.4, -0.2) is 83.3 Å². The van der Waals surface area contributed by atoms with E-state index in [-0.39, 0.29) is 30.6 Å². The molecule has 0 radical (unpaired) electrons. The maximum absolute atomic E-state index is 13.7. The first kappa shape index (κ1) is 40.7. The Kier molecular flexibility index (Phi) is 13.6. The predicted molar refractivity (Wildman–Crippen MR) is 205 cm³/mol. The molecule has 15 heteroatoms. The number of hydrogen-bond acceptors (Lipinski definition) is 9. The van der Waals surface area contributed by atoms with Gasteiger partial charge in [0.2, 0.25) is 11.3 Å². The van der Waals surface area contributed by atoms with Crippen molar-refractivity contribution in [1.29, 1.82) is 0 Å². The lowest BCUT2D eigenvalue weighted by molar-refractivity contribution is -0.254. The Morgan fingerprint density at radius 3 is 2.35 bits per heavy atom. The van der Waals surface area contributed by atoms with E-state index < -0.39 is 35.5 Å². The summed E-state index contributed by atoms with van der Waals surface area (Å²) in [4.78, 5) is 56.3. The number of carboxylic acids is 1. The molecular formula is C39H48N8O7. The number of amides is 3. The molecule has 1 aliphatic carbocycles. The highest BCUT2D eigenvalue weighted by molar-refractivity contribution is 6.09. The Balaban J connectivity index is 1.66. The van der Waals surface area contributed by atoms with Crippen LogP contribution in [0.1, 0.15) is 67.2 Å². The van der Waals surface area contributed by atoms with Crippen LogP contribution >= 0.6 is 0 Å². The van der Waals surface area contributed by atoms with Crippen LogP contribution in [0.4, 0.5) is 10.5 Å². The van der Waals surface area contributed by atoms with Crippen LogP contribution < -0.4 is 35.9 Å². The van der Waals surface area contributed by atoms with Crippen molar-refractivity contribution in [3.05, 3.63) is 81.5 Å². The van der Waals surface area contributed by atoms with Crippen molar-refractivity contribution in [2.24, 2.45) is 5.11 Å². The largest absolute Gasteiger partial charge is 0.545 e. The van der Waals surface area contributed by atoms with E-state index in [9.17, 15) is 24.3 Å². The van der Waals surface area contributed by atoms with Crippen LogP contribution in [0.3, 0.4) is 0 Å². The second kappa shape index (κ2) is 18.1. The molecule has 54 heavy (non-hydrogen) atoms. The Labute approximate surface area is 314 Å². The number of azide groups is 1. The normalized spacial score (nSPS) is 11.7. The summed E-state index contributed by atoms with van der Waals surface area (Å²) in [6, 6.07) is 14.7. The van der Waals surface area contributed by atoms with Crippen molar-refractivity contribution in [2.75, 3.05) is 52.7 Å². The molecule has 1 heterocycles. The highest BCUT2D eigenvalue weighted by Crippen LogP contribution is 2.42. The van der Waals surface area contributed by atoms with E-state index in [4.69, 9.17) is 14.7 Å². The summed E-state index contributed by atoms with van der Waals surface area (Å²) in [6.07, 6.45) is 1.03. The van der Waals surface area contributed by atoms with Crippen LogP contribution in [0.5, 0.6) is 0 Å². The van der Waals surface area contributed by atoms with Gasteiger partial charge in [0.15, 0.2) is 0 Å². The fourth-order valence-electron chi connectivity index (χ4n) is 5.80. The number of unbranched alkanes of at least 4 members (excludes halogenated alkanes) is 1. The van der Waals surface area contributed by atoms with Gasteiger partial charge in [-0.15, -0.1) is 0 Å². The van der Waals surface area contributed by atoms with Crippen molar-refractivity contribution in [3.63, 3.8) is 0 Å². The third-order valence-corrected chi connectivity index (χ3v) is 8.50. The highest BCUT2D eigenvalue weighted by atomic mass is 16.6. The Morgan fingerprint density at radius 1 is 0.963 bits per heavy atom. The van der Waals surface area contributed by atoms with Gasteiger partial charge in [-0.3, -0.25) is 9.59 Å². The molecule has 1 atom stereocenters. The second-order valence-corrected chi connectivity index (χ2v) is 14.2. The SMILES string of the molecule is CN(C)c1ccc2c(-c3ccc(C(=O)NC(CCCCNC(=O)OC(C)(C)C)C(=O)NCCCN=[N+]=[N-])cc3C(=O)[O-])c3ccc(=[N+](C)C)cc-3oc2c1. The molecule has 0 spiro atoms. The van der Waals surface area contributed by atoms with E-state index in [1.807, 2.05) is 74.1 Å². The van der Waals surface area contributed by atoms with Crippen LogP contribution in [0.25, 0.3) is 43.9 Å². The molecule has 2 aromatic rings. The molecule has 0 saturated carbocycles. The number of fused-ring (bicyclic) bond motifs is 2. The van der Waals surface area contributed by atoms with E-state index >= 15 is 0 Å². The van der Waals surface area contributed by atoms with Gasteiger partial charge in [-0.25, -0.2) is 9.37 Å². The molecule has 1 aliphatic heterocycles. The number of anilines is 1. The maximum Gasteiger partial charge on any atom is 0.407 e. The number of alkyl carbamates (subject to hydrolysis) is 1. The van der Waals surface area contributed by atoms with Gasteiger partial charge in [0.05, 0.1) is 12.0 Å². The quantitative estimate of drug-likeness (QED) is 0.0400. The molecule has 3 amide bonds. The van der Waals surface area contributed by atoms with Crippen LogP contribution in [-0.2, 0) is 9.53 Å².